The number of unbranched alkanes of at least 4 members (excludes halogenated alkanes) is 10. The number of hydrogen-bond acceptors (Lipinski definition) is 4. The molecule has 0 unspecified atom stereocenters. The molecule has 0 amide bonds. The second-order valence-electron chi connectivity index (χ2n) is 14.6. The molecule has 0 atom stereocenters. The summed E-state index contributed by atoms with van der Waals surface area (Å²) < 4.78 is 12.7. The van der Waals surface area contributed by atoms with Crippen LogP contribution in [0.15, 0.2) is 84.9 Å². The third kappa shape index (κ3) is 8.33. The summed E-state index contributed by atoms with van der Waals surface area (Å²) in [5.74, 6) is 0.877. The van der Waals surface area contributed by atoms with E-state index in [4.69, 9.17) is 9.47 Å². The monoisotopic (exact) mass is 694 g/mol. The number of carbonyl (C=O) groups is 2. The van der Waals surface area contributed by atoms with Crippen molar-refractivity contribution in [3.8, 4) is 22.6 Å². The van der Waals surface area contributed by atoms with E-state index in [1.165, 1.54) is 38.5 Å². The van der Waals surface area contributed by atoms with Gasteiger partial charge in [0.15, 0.2) is 0 Å². The maximum atomic E-state index is 13.4. The molecule has 0 aliphatic carbocycles. The van der Waals surface area contributed by atoms with Crippen molar-refractivity contribution in [2.45, 2.75) is 118 Å². The van der Waals surface area contributed by atoms with Crippen molar-refractivity contribution in [3.63, 3.8) is 0 Å². The van der Waals surface area contributed by atoms with Crippen LogP contribution >= 0.6 is 0 Å². The van der Waals surface area contributed by atoms with E-state index >= 15 is 0 Å². The molecule has 0 aliphatic rings. The van der Waals surface area contributed by atoms with Crippen LogP contribution in [0.3, 0.4) is 0 Å². The van der Waals surface area contributed by atoms with Gasteiger partial charge in [-0.15, -0.1) is 0 Å². The van der Waals surface area contributed by atoms with E-state index in [-0.39, 0.29) is 11.9 Å². The Morgan fingerprint density at radius 1 is 0.423 bits per heavy atom. The normalized spacial score (nSPS) is 11.5. The minimum Gasteiger partial charge on any atom is -0.425 e. The van der Waals surface area contributed by atoms with E-state index in [9.17, 15) is 9.59 Å². The number of hydrogen-bond donors (Lipinski definition) is 0. The van der Waals surface area contributed by atoms with Gasteiger partial charge in [-0.25, -0.2) is 0 Å². The van der Waals surface area contributed by atoms with Gasteiger partial charge in [-0.05, 0) is 71.5 Å². The number of aryl methyl sites for hydroxylation is 2. The second kappa shape index (κ2) is 17.7. The predicted molar refractivity (Wildman–Crippen MR) is 219 cm³/mol. The van der Waals surface area contributed by atoms with Gasteiger partial charge in [0.1, 0.15) is 11.5 Å². The number of esters is 2. The highest BCUT2D eigenvalue weighted by molar-refractivity contribution is 6.27. The lowest BCUT2D eigenvalue weighted by molar-refractivity contribution is -0.135. The highest BCUT2D eigenvalue weighted by Gasteiger charge is 2.24. The molecule has 0 spiro atoms. The van der Waals surface area contributed by atoms with Crippen molar-refractivity contribution >= 4 is 55.0 Å². The van der Waals surface area contributed by atoms with Crippen LogP contribution in [-0.2, 0) is 9.59 Å². The fourth-order valence-electron chi connectivity index (χ4n) is 7.69. The number of benzene rings is 6. The number of ether oxygens (including phenoxy) is 2. The van der Waals surface area contributed by atoms with Crippen LogP contribution in [0.25, 0.3) is 54.2 Å². The summed E-state index contributed by atoms with van der Waals surface area (Å²) in [6.45, 7) is 8.60. The summed E-state index contributed by atoms with van der Waals surface area (Å²) in [6, 6.07) is 29.5. The van der Waals surface area contributed by atoms with E-state index < -0.39 is 0 Å². The molecular weight excluding hydrogens is 641 g/mol. The van der Waals surface area contributed by atoms with Gasteiger partial charge in [0.05, 0.1) is 0 Å². The first-order valence-corrected chi connectivity index (χ1v) is 19.7. The first kappa shape index (κ1) is 37.1. The molecule has 4 nitrogen and oxygen atoms in total. The van der Waals surface area contributed by atoms with E-state index in [0.717, 1.165) is 104 Å². The molecule has 0 saturated carbocycles. The Morgan fingerprint density at radius 2 is 0.769 bits per heavy atom. The third-order valence-electron chi connectivity index (χ3n) is 10.4. The third-order valence-corrected chi connectivity index (χ3v) is 10.4. The van der Waals surface area contributed by atoms with Crippen LogP contribution in [0.5, 0.6) is 11.5 Å². The maximum absolute atomic E-state index is 13.4. The molecule has 52 heavy (non-hydrogen) atoms. The van der Waals surface area contributed by atoms with Crippen LogP contribution in [0, 0.1) is 13.8 Å². The lowest BCUT2D eigenvalue weighted by Gasteiger charge is -2.22. The fraction of sp³-hybridized carbons (Fsp3) is 0.375. The van der Waals surface area contributed by atoms with Crippen molar-refractivity contribution in [1.82, 2.24) is 0 Å². The first-order chi connectivity index (χ1) is 25.4. The Morgan fingerprint density at radius 3 is 1.17 bits per heavy atom. The van der Waals surface area contributed by atoms with Gasteiger partial charge in [-0.3, -0.25) is 9.59 Å². The van der Waals surface area contributed by atoms with Crippen molar-refractivity contribution in [1.29, 1.82) is 0 Å². The summed E-state index contributed by atoms with van der Waals surface area (Å²) in [7, 11) is 0. The summed E-state index contributed by atoms with van der Waals surface area (Å²) in [5, 5.41) is 7.73. The zero-order valence-corrected chi connectivity index (χ0v) is 31.6. The molecule has 0 aliphatic heterocycles. The topological polar surface area (TPSA) is 52.6 Å². The van der Waals surface area contributed by atoms with E-state index in [1.54, 1.807) is 0 Å². The molecular formula is C48H54O4. The predicted octanol–water partition coefficient (Wildman–Crippen LogP) is 13.9. The number of fused-ring (bicyclic) bond motifs is 4. The van der Waals surface area contributed by atoms with Crippen LogP contribution in [-0.4, -0.2) is 11.9 Å². The average Bonchev–Trinajstić information content (AvgIpc) is 3.15. The SMILES string of the molecule is CCCCCCCCC(=O)Oc1c2ccccc2c(-c2c3ccccc3c(OC(=O)CCCCCCCC)c3cc(C)ccc23)c2ccc(C)cc12. The van der Waals surface area contributed by atoms with E-state index in [0.29, 0.717) is 24.3 Å². The van der Waals surface area contributed by atoms with Gasteiger partial charge in [0.2, 0.25) is 0 Å². The highest BCUT2D eigenvalue weighted by Crippen LogP contribution is 2.50. The van der Waals surface area contributed by atoms with Crippen LogP contribution in [0.4, 0.5) is 0 Å². The molecule has 6 rings (SSSR count). The van der Waals surface area contributed by atoms with Crippen molar-refractivity contribution in [2.24, 2.45) is 0 Å². The standard InChI is InChI=1S/C48H54O4/c1-5-7-9-11-13-15-25-43(49)51-47-39-23-19-17-21-35(39)45(37-29-27-33(3)31-41(37)47)46-36-22-18-20-24-40(36)48(42-32-34(4)28-30-38(42)46)52-44(50)26-16-14-12-10-8-6-2/h17-24,27-32H,5-16,25-26H2,1-4H3. The molecule has 0 fully saturated rings. The smallest absolute Gasteiger partial charge is 0.311 e. The highest BCUT2D eigenvalue weighted by atomic mass is 16.5. The van der Waals surface area contributed by atoms with Gasteiger partial charge < -0.3 is 9.47 Å². The molecule has 6 aromatic rings. The summed E-state index contributed by atoms with van der Waals surface area (Å²) in [6.07, 6.45) is 14.2. The van der Waals surface area contributed by atoms with Crippen LogP contribution in [0.2, 0.25) is 0 Å². The molecule has 0 aromatic heterocycles. The maximum Gasteiger partial charge on any atom is 0.311 e. The quantitative estimate of drug-likeness (QED) is 0.0413. The van der Waals surface area contributed by atoms with Gasteiger partial charge >= 0.3 is 11.9 Å². The average molecular weight is 695 g/mol. The Labute approximate surface area is 309 Å². The molecule has 0 radical (unpaired) electrons. The van der Waals surface area contributed by atoms with Crippen molar-refractivity contribution < 1.29 is 19.1 Å². The first-order valence-electron chi connectivity index (χ1n) is 19.7. The van der Waals surface area contributed by atoms with Crippen molar-refractivity contribution in [3.05, 3.63) is 96.1 Å². The van der Waals surface area contributed by atoms with Crippen molar-refractivity contribution in [2.75, 3.05) is 0 Å². The lowest BCUT2D eigenvalue weighted by atomic mass is 9.85. The van der Waals surface area contributed by atoms with Crippen LogP contribution in [0.1, 0.15) is 115 Å². The molecule has 270 valence electrons. The summed E-state index contributed by atoms with van der Waals surface area (Å²) in [4.78, 5) is 26.8. The number of carbonyl (C=O) groups excluding carboxylic acids is 2. The Bertz CT molecular complexity index is 2040. The van der Waals surface area contributed by atoms with Gasteiger partial charge in [-0.1, -0.05) is 162 Å². The Kier molecular flexibility index (Phi) is 12.6. The molecule has 0 heterocycles. The van der Waals surface area contributed by atoms with Crippen LogP contribution < -0.4 is 9.47 Å². The fourth-order valence-corrected chi connectivity index (χ4v) is 7.69. The Balaban J connectivity index is 1.48. The molecule has 0 N–H and O–H groups in total. The molecule has 0 bridgehead atoms. The minimum absolute atomic E-state index is 0.185. The van der Waals surface area contributed by atoms with E-state index in [2.05, 4.69) is 100 Å². The molecule has 6 aromatic carbocycles. The Hall–Kier alpha value is -4.70. The molecule has 4 heteroatoms. The summed E-state index contributed by atoms with van der Waals surface area (Å²) in [5.41, 5.74) is 4.35. The summed E-state index contributed by atoms with van der Waals surface area (Å²) >= 11 is 0. The lowest BCUT2D eigenvalue weighted by Crippen LogP contribution is -2.09. The van der Waals surface area contributed by atoms with Gasteiger partial charge in [0, 0.05) is 34.4 Å². The van der Waals surface area contributed by atoms with Gasteiger partial charge in [-0.2, -0.15) is 0 Å². The van der Waals surface area contributed by atoms with E-state index in [1.807, 2.05) is 12.1 Å². The van der Waals surface area contributed by atoms with Gasteiger partial charge in [0.25, 0.3) is 0 Å². The molecule has 0 saturated heterocycles. The second-order valence-corrected chi connectivity index (χ2v) is 14.6. The zero-order valence-electron chi connectivity index (χ0n) is 31.6. The zero-order chi connectivity index (χ0) is 36.5. The minimum atomic E-state index is -0.185. The number of rotatable bonds is 17. The largest absolute Gasteiger partial charge is 0.425 e.